The minimum atomic E-state index is -1.03. The van der Waals surface area contributed by atoms with Crippen molar-refractivity contribution in [3.05, 3.63) is 0 Å². The Morgan fingerprint density at radius 3 is 1.33 bits per heavy atom. The van der Waals surface area contributed by atoms with Crippen molar-refractivity contribution in [3.8, 4) is 0 Å². The SMILES string of the molecule is CC.CCC(=O)NCCCNC(=O)CCOCC(N)(COCCC(=O)NCCCN)COCCC(=O)NCCCNC. The van der Waals surface area contributed by atoms with E-state index in [0.29, 0.717) is 52.0 Å². The maximum atomic E-state index is 12.0. The van der Waals surface area contributed by atoms with Crippen molar-refractivity contribution in [1.82, 2.24) is 26.6 Å². The fraction of sp³-hybridized carbons (Fsp3) is 0.857. The van der Waals surface area contributed by atoms with Crippen molar-refractivity contribution in [2.24, 2.45) is 11.5 Å². The van der Waals surface area contributed by atoms with Gasteiger partial charge in [0.05, 0.1) is 45.2 Å². The highest BCUT2D eigenvalue weighted by Gasteiger charge is 2.27. The van der Waals surface area contributed by atoms with Gasteiger partial charge in [-0.3, -0.25) is 19.2 Å². The number of hydrogen-bond acceptors (Lipinski definition) is 10. The first-order valence-corrected chi connectivity index (χ1v) is 15.2. The highest BCUT2D eigenvalue weighted by molar-refractivity contribution is 5.77. The van der Waals surface area contributed by atoms with Gasteiger partial charge in [-0.05, 0) is 39.4 Å². The maximum Gasteiger partial charge on any atom is 0.222 e. The van der Waals surface area contributed by atoms with Crippen molar-refractivity contribution in [2.45, 2.75) is 71.3 Å². The molecule has 0 aromatic heterocycles. The molecule has 42 heavy (non-hydrogen) atoms. The average Bonchev–Trinajstić information content (AvgIpc) is 2.99. The van der Waals surface area contributed by atoms with Crippen LogP contribution in [0.15, 0.2) is 0 Å². The summed E-state index contributed by atoms with van der Waals surface area (Å²) in [4.78, 5) is 47.0. The van der Waals surface area contributed by atoms with E-state index in [1.54, 1.807) is 6.92 Å². The van der Waals surface area contributed by atoms with Gasteiger partial charge in [0.1, 0.15) is 0 Å². The van der Waals surface area contributed by atoms with Gasteiger partial charge >= 0.3 is 0 Å². The molecule has 0 aliphatic rings. The summed E-state index contributed by atoms with van der Waals surface area (Å²) in [5.41, 5.74) is 10.9. The molecule has 0 aliphatic carbocycles. The zero-order valence-corrected chi connectivity index (χ0v) is 26.4. The van der Waals surface area contributed by atoms with E-state index in [-0.39, 0.29) is 82.5 Å². The van der Waals surface area contributed by atoms with Crippen molar-refractivity contribution < 1.29 is 33.4 Å². The fourth-order valence-electron chi connectivity index (χ4n) is 3.20. The second kappa shape index (κ2) is 30.1. The third-order valence-electron chi connectivity index (χ3n) is 5.54. The standard InChI is InChI=1S/C26H53N7O7.C2H6/c1-3-22(34)30-14-6-15-33-25(37)9-18-40-21-26(28,19-38-16-7-23(35)31-12-4-10-27)20-39-17-8-24(36)32-13-5-11-29-2;1-2/h29H,3-21,27-28H2,1-2H3,(H,30,34)(H,31,35)(H,32,36)(H,33,37);1-2H3. The highest BCUT2D eigenvalue weighted by Crippen LogP contribution is 2.06. The molecular formula is C28H59N7O7. The second-order valence-corrected chi connectivity index (χ2v) is 9.48. The van der Waals surface area contributed by atoms with Crippen LogP contribution >= 0.6 is 0 Å². The molecule has 14 nitrogen and oxygen atoms in total. The number of carbonyl (C=O) groups excluding carboxylic acids is 4. The number of nitrogens with one attached hydrogen (secondary N) is 5. The van der Waals surface area contributed by atoms with E-state index in [1.807, 2.05) is 20.9 Å². The smallest absolute Gasteiger partial charge is 0.222 e. The molecule has 1 unspecified atom stereocenters. The summed E-state index contributed by atoms with van der Waals surface area (Å²) < 4.78 is 17.0. The highest BCUT2D eigenvalue weighted by atomic mass is 16.5. The summed E-state index contributed by atoms with van der Waals surface area (Å²) in [6.45, 7) is 9.86. The molecule has 14 heteroatoms. The first-order valence-electron chi connectivity index (χ1n) is 15.2. The number of hydrogen-bond donors (Lipinski definition) is 7. The molecule has 0 spiro atoms. The lowest BCUT2D eigenvalue weighted by Gasteiger charge is -2.29. The summed E-state index contributed by atoms with van der Waals surface area (Å²) in [6.07, 6.45) is 3.13. The van der Waals surface area contributed by atoms with Gasteiger partial charge in [-0.2, -0.15) is 0 Å². The van der Waals surface area contributed by atoms with Crippen LogP contribution in [-0.2, 0) is 33.4 Å². The van der Waals surface area contributed by atoms with Crippen LogP contribution in [0.3, 0.4) is 0 Å². The van der Waals surface area contributed by atoms with E-state index < -0.39 is 5.54 Å². The molecule has 0 saturated heterocycles. The predicted octanol–water partition coefficient (Wildman–Crippen LogP) is -0.847. The van der Waals surface area contributed by atoms with Gasteiger partial charge in [-0.15, -0.1) is 0 Å². The van der Waals surface area contributed by atoms with Gasteiger partial charge in [0, 0.05) is 51.9 Å². The summed E-state index contributed by atoms with van der Waals surface area (Å²) in [5.74, 6) is -0.431. The number of carbonyl (C=O) groups is 4. The lowest BCUT2D eigenvalue weighted by atomic mass is 10.1. The predicted molar refractivity (Wildman–Crippen MR) is 164 cm³/mol. The van der Waals surface area contributed by atoms with E-state index in [2.05, 4.69) is 26.6 Å². The second-order valence-electron chi connectivity index (χ2n) is 9.48. The lowest BCUT2D eigenvalue weighted by molar-refractivity contribution is -0.123. The number of ether oxygens (including phenoxy) is 3. The van der Waals surface area contributed by atoms with Crippen molar-refractivity contribution in [2.75, 3.05) is 86.0 Å². The first-order chi connectivity index (χ1) is 20.3. The largest absolute Gasteiger partial charge is 0.379 e. The Morgan fingerprint density at radius 1 is 0.619 bits per heavy atom. The molecule has 0 aromatic rings. The minimum absolute atomic E-state index is 0.0211. The number of nitrogens with two attached hydrogens (primary N) is 2. The van der Waals surface area contributed by atoms with Gasteiger partial charge in [0.25, 0.3) is 0 Å². The van der Waals surface area contributed by atoms with Crippen LogP contribution in [-0.4, -0.2) is 115 Å². The Labute approximate surface area is 252 Å². The van der Waals surface area contributed by atoms with E-state index in [4.69, 9.17) is 25.7 Å². The molecule has 1 atom stereocenters. The molecule has 0 aromatic carbocycles. The molecule has 0 radical (unpaired) electrons. The van der Waals surface area contributed by atoms with E-state index in [1.165, 1.54) is 0 Å². The van der Waals surface area contributed by atoms with E-state index in [0.717, 1.165) is 13.0 Å². The molecule has 0 fully saturated rings. The topological polar surface area (TPSA) is 208 Å². The average molecular weight is 606 g/mol. The van der Waals surface area contributed by atoms with Crippen molar-refractivity contribution in [3.63, 3.8) is 0 Å². The summed E-state index contributed by atoms with van der Waals surface area (Å²) in [6, 6.07) is 0. The van der Waals surface area contributed by atoms with Crippen molar-refractivity contribution >= 4 is 23.6 Å². The normalized spacial score (nSPS) is 12.0. The van der Waals surface area contributed by atoms with Gasteiger partial charge in [-0.25, -0.2) is 0 Å². The van der Waals surface area contributed by atoms with E-state index >= 15 is 0 Å². The third-order valence-corrected chi connectivity index (χ3v) is 5.54. The minimum Gasteiger partial charge on any atom is -0.379 e. The van der Waals surface area contributed by atoms with Gasteiger partial charge in [0.2, 0.25) is 23.6 Å². The Hall–Kier alpha value is -2.36. The molecule has 9 N–H and O–H groups in total. The fourth-order valence-corrected chi connectivity index (χ4v) is 3.20. The van der Waals surface area contributed by atoms with Crippen LogP contribution in [0.25, 0.3) is 0 Å². The van der Waals surface area contributed by atoms with Crippen LogP contribution in [0.5, 0.6) is 0 Å². The molecule has 0 heterocycles. The molecule has 0 aliphatic heterocycles. The Kier molecular flexibility index (Phi) is 29.9. The molecule has 4 amide bonds. The zero-order chi connectivity index (χ0) is 31.9. The van der Waals surface area contributed by atoms with Gasteiger partial charge in [-0.1, -0.05) is 20.8 Å². The first kappa shape index (κ1) is 41.8. The maximum absolute atomic E-state index is 12.0. The van der Waals surface area contributed by atoms with Crippen LogP contribution in [0.1, 0.15) is 65.7 Å². The summed E-state index contributed by atoms with van der Waals surface area (Å²) in [5, 5.41) is 14.1. The van der Waals surface area contributed by atoms with Crippen LogP contribution in [0.4, 0.5) is 0 Å². The zero-order valence-electron chi connectivity index (χ0n) is 26.4. The monoisotopic (exact) mass is 605 g/mol. The number of amides is 4. The van der Waals surface area contributed by atoms with Crippen LogP contribution in [0.2, 0.25) is 0 Å². The summed E-state index contributed by atoms with van der Waals surface area (Å²) in [7, 11) is 1.86. The number of rotatable bonds is 27. The van der Waals surface area contributed by atoms with Crippen LogP contribution < -0.4 is 38.1 Å². The molecule has 0 saturated carbocycles. The molecule has 0 bridgehead atoms. The van der Waals surface area contributed by atoms with Gasteiger partial charge < -0.3 is 52.3 Å². The molecular weight excluding hydrogens is 546 g/mol. The Bertz CT molecular complexity index is 702. The van der Waals surface area contributed by atoms with Gasteiger partial charge in [0.15, 0.2) is 0 Å². The quantitative estimate of drug-likeness (QED) is 0.0577. The summed E-state index contributed by atoms with van der Waals surface area (Å²) >= 11 is 0. The Morgan fingerprint density at radius 2 is 0.976 bits per heavy atom. The Balaban J connectivity index is 0. The third kappa shape index (κ3) is 27.8. The molecule has 248 valence electrons. The lowest BCUT2D eigenvalue weighted by Crippen LogP contribution is -2.53. The van der Waals surface area contributed by atoms with Crippen LogP contribution in [0, 0.1) is 0 Å². The van der Waals surface area contributed by atoms with E-state index in [9.17, 15) is 19.2 Å². The molecule has 0 rings (SSSR count). The van der Waals surface area contributed by atoms with Crippen molar-refractivity contribution in [1.29, 1.82) is 0 Å².